The smallest absolute Gasteiger partial charge is 0.150 e. The van der Waals surface area contributed by atoms with Gasteiger partial charge < -0.3 is 14.6 Å². The highest BCUT2D eigenvalue weighted by Gasteiger charge is 2.29. The summed E-state index contributed by atoms with van der Waals surface area (Å²) in [7, 11) is -2.81. The number of hydrogen-bond acceptors (Lipinski definition) is 5. The molecule has 1 N–H and O–H groups in total. The van der Waals surface area contributed by atoms with E-state index >= 15 is 0 Å². The van der Waals surface area contributed by atoms with Gasteiger partial charge in [0.15, 0.2) is 9.84 Å². The molecule has 0 spiro atoms. The first-order valence-corrected chi connectivity index (χ1v) is 8.49. The van der Waals surface area contributed by atoms with Crippen LogP contribution in [0.3, 0.4) is 0 Å². The third-order valence-electron chi connectivity index (χ3n) is 3.78. The minimum Gasteiger partial charge on any atom is -0.369 e. The minimum atomic E-state index is -2.81. The van der Waals surface area contributed by atoms with Crippen LogP contribution >= 0.6 is 0 Å². The molecule has 0 amide bonds. The summed E-state index contributed by atoms with van der Waals surface area (Å²) in [6.45, 7) is 3.09. The quantitative estimate of drug-likeness (QED) is 0.845. The summed E-state index contributed by atoms with van der Waals surface area (Å²) in [6.07, 6.45) is 4.37. The Balaban J connectivity index is 1.70. The summed E-state index contributed by atoms with van der Waals surface area (Å²) in [4.78, 5) is 4.18. The second-order valence-electron chi connectivity index (χ2n) is 5.30. The van der Waals surface area contributed by atoms with Crippen LogP contribution in [-0.4, -0.2) is 49.2 Å². The molecule has 0 bridgehead atoms. The van der Waals surface area contributed by atoms with E-state index in [2.05, 4.69) is 10.3 Å². The third-order valence-corrected chi connectivity index (χ3v) is 5.62. The molecule has 6 nitrogen and oxygen atoms in total. The van der Waals surface area contributed by atoms with Crippen molar-refractivity contribution in [1.29, 1.82) is 0 Å². The number of morpholine rings is 1. The number of imidazole rings is 1. The topological polar surface area (TPSA) is 73.2 Å². The lowest BCUT2D eigenvalue weighted by Gasteiger charge is -2.25. The van der Waals surface area contributed by atoms with Crippen molar-refractivity contribution < 1.29 is 13.2 Å². The first-order chi connectivity index (χ1) is 9.14. The van der Waals surface area contributed by atoms with Gasteiger partial charge in [0.05, 0.1) is 36.3 Å². The highest BCUT2D eigenvalue weighted by Crippen LogP contribution is 2.24. The van der Waals surface area contributed by atoms with Crippen molar-refractivity contribution in [1.82, 2.24) is 14.9 Å². The van der Waals surface area contributed by atoms with Gasteiger partial charge in [-0.05, 0) is 12.3 Å². The highest BCUT2D eigenvalue weighted by atomic mass is 32.2. The molecule has 1 aromatic heterocycles. The maximum atomic E-state index is 11.5. The second-order valence-corrected chi connectivity index (χ2v) is 7.53. The van der Waals surface area contributed by atoms with Gasteiger partial charge in [-0.25, -0.2) is 13.4 Å². The van der Waals surface area contributed by atoms with Gasteiger partial charge in [0, 0.05) is 19.6 Å². The van der Waals surface area contributed by atoms with E-state index in [1.54, 1.807) is 6.33 Å². The number of rotatable bonds is 3. The number of nitrogens with one attached hydrogen (secondary N) is 1. The number of ether oxygens (including phenoxy) is 1. The predicted molar refractivity (Wildman–Crippen MR) is 70.6 cm³/mol. The SMILES string of the molecule is O=S1(=O)CCC(Cn2cncc2C2CNCCO2)C1. The van der Waals surface area contributed by atoms with Crippen molar-refractivity contribution in [2.24, 2.45) is 5.92 Å². The van der Waals surface area contributed by atoms with Crippen LogP contribution in [0.2, 0.25) is 0 Å². The maximum absolute atomic E-state index is 11.5. The molecule has 2 atom stereocenters. The fourth-order valence-electron chi connectivity index (χ4n) is 2.80. The molecule has 3 rings (SSSR count). The molecule has 0 aromatic carbocycles. The summed E-state index contributed by atoms with van der Waals surface area (Å²) >= 11 is 0. The minimum absolute atomic E-state index is 0.0225. The average Bonchev–Trinajstić information content (AvgIpc) is 2.98. The maximum Gasteiger partial charge on any atom is 0.150 e. The lowest BCUT2D eigenvalue weighted by molar-refractivity contribution is 0.0224. The van der Waals surface area contributed by atoms with Gasteiger partial charge >= 0.3 is 0 Å². The summed E-state index contributed by atoms with van der Waals surface area (Å²) in [5.74, 6) is 0.826. The fraction of sp³-hybridized carbons (Fsp3) is 0.750. The van der Waals surface area contributed by atoms with Crippen LogP contribution in [0.1, 0.15) is 18.2 Å². The van der Waals surface area contributed by atoms with Gasteiger partial charge in [-0.15, -0.1) is 0 Å². The molecule has 2 unspecified atom stereocenters. The number of nitrogens with zero attached hydrogens (tertiary/aromatic N) is 2. The van der Waals surface area contributed by atoms with Gasteiger partial charge in [-0.1, -0.05) is 0 Å². The molecule has 7 heteroatoms. The molecule has 2 aliphatic rings. The number of hydrogen-bond donors (Lipinski definition) is 1. The van der Waals surface area contributed by atoms with E-state index in [0.717, 1.165) is 25.2 Å². The second kappa shape index (κ2) is 5.22. The van der Waals surface area contributed by atoms with Crippen LogP contribution in [0.25, 0.3) is 0 Å². The van der Waals surface area contributed by atoms with Crippen molar-refractivity contribution in [2.45, 2.75) is 19.1 Å². The first-order valence-electron chi connectivity index (χ1n) is 6.67. The number of aromatic nitrogens is 2. The summed E-state index contributed by atoms with van der Waals surface area (Å²) in [5, 5.41) is 3.30. The van der Waals surface area contributed by atoms with Gasteiger partial charge in [0.25, 0.3) is 0 Å². The highest BCUT2D eigenvalue weighted by molar-refractivity contribution is 7.91. The Morgan fingerprint density at radius 3 is 3.11 bits per heavy atom. The molecule has 19 heavy (non-hydrogen) atoms. The standard InChI is InChI=1S/C12H19N3O3S/c16-19(17)4-1-10(8-19)7-15-9-14-5-11(15)12-6-13-2-3-18-12/h5,9-10,12-13H,1-4,6-8H2. The molecule has 0 saturated carbocycles. The lowest BCUT2D eigenvalue weighted by Crippen LogP contribution is -2.34. The van der Waals surface area contributed by atoms with Gasteiger partial charge in [-0.3, -0.25) is 0 Å². The Morgan fingerprint density at radius 1 is 1.53 bits per heavy atom. The molecule has 2 fully saturated rings. The van der Waals surface area contributed by atoms with E-state index < -0.39 is 9.84 Å². The molecular weight excluding hydrogens is 266 g/mol. The summed E-state index contributed by atoms with van der Waals surface area (Å²) < 4.78 is 30.8. The Bertz CT molecular complexity index is 534. The Hall–Kier alpha value is -0.920. The zero-order chi connectivity index (χ0) is 13.3. The zero-order valence-corrected chi connectivity index (χ0v) is 11.6. The first kappa shape index (κ1) is 13.1. The molecule has 2 saturated heterocycles. The summed E-state index contributed by atoms with van der Waals surface area (Å²) in [5.41, 5.74) is 1.04. The van der Waals surface area contributed by atoms with Crippen LogP contribution < -0.4 is 5.32 Å². The zero-order valence-electron chi connectivity index (χ0n) is 10.8. The fourth-order valence-corrected chi connectivity index (χ4v) is 4.65. The molecule has 1 aromatic rings. The van der Waals surface area contributed by atoms with Crippen LogP contribution in [0, 0.1) is 5.92 Å². The molecule has 0 aliphatic carbocycles. The van der Waals surface area contributed by atoms with Crippen molar-refractivity contribution in [2.75, 3.05) is 31.2 Å². The van der Waals surface area contributed by atoms with E-state index in [9.17, 15) is 8.42 Å². The van der Waals surface area contributed by atoms with Crippen LogP contribution in [0.5, 0.6) is 0 Å². The normalized spacial score (nSPS) is 30.5. The van der Waals surface area contributed by atoms with E-state index in [0.29, 0.717) is 24.7 Å². The largest absolute Gasteiger partial charge is 0.369 e. The van der Waals surface area contributed by atoms with E-state index in [1.165, 1.54) is 0 Å². The van der Waals surface area contributed by atoms with E-state index in [1.807, 2.05) is 10.8 Å². The Labute approximate surface area is 113 Å². The Kier molecular flexibility index (Phi) is 3.60. The molecule has 0 radical (unpaired) electrons. The van der Waals surface area contributed by atoms with Gasteiger partial charge in [-0.2, -0.15) is 0 Å². The Morgan fingerprint density at radius 2 is 2.42 bits per heavy atom. The van der Waals surface area contributed by atoms with Crippen molar-refractivity contribution in [3.8, 4) is 0 Å². The van der Waals surface area contributed by atoms with Crippen LogP contribution in [0.4, 0.5) is 0 Å². The number of sulfone groups is 1. The monoisotopic (exact) mass is 285 g/mol. The van der Waals surface area contributed by atoms with Gasteiger partial charge in [0.2, 0.25) is 0 Å². The molecule has 3 heterocycles. The van der Waals surface area contributed by atoms with Crippen molar-refractivity contribution in [3.63, 3.8) is 0 Å². The third kappa shape index (κ3) is 2.98. The van der Waals surface area contributed by atoms with Crippen LogP contribution in [-0.2, 0) is 21.1 Å². The van der Waals surface area contributed by atoms with Crippen molar-refractivity contribution >= 4 is 9.84 Å². The predicted octanol–water partition coefficient (Wildman–Crippen LogP) is -0.0213. The van der Waals surface area contributed by atoms with E-state index in [-0.39, 0.29) is 12.0 Å². The molecule has 106 valence electrons. The average molecular weight is 285 g/mol. The van der Waals surface area contributed by atoms with Crippen LogP contribution in [0.15, 0.2) is 12.5 Å². The summed E-state index contributed by atoms with van der Waals surface area (Å²) in [6, 6.07) is 0. The van der Waals surface area contributed by atoms with Crippen molar-refractivity contribution in [3.05, 3.63) is 18.2 Å². The lowest BCUT2D eigenvalue weighted by atomic mass is 10.1. The van der Waals surface area contributed by atoms with Gasteiger partial charge in [0.1, 0.15) is 6.10 Å². The molecule has 2 aliphatic heterocycles. The van der Waals surface area contributed by atoms with E-state index in [4.69, 9.17) is 4.74 Å². The molecular formula is C12H19N3O3S.